The zero-order chi connectivity index (χ0) is 12.2. The van der Waals surface area contributed by atoms with Crippen LogP contribution in [-0.2, 0) is 0 Å². The van der Waals surface area contributed by atoms with Crippen LogP contribution in [-0.4, -0.2) is 10.1 Å². The van der Waals surface area contributed by atoms with E-state index in [9.17, 15) is 4.79 Å². The number of hydrogen-bond acceptors (Lipinski definition) is 1. The summed E-state index contributed by atoms with van der Waals surface area (Å²) in [5.41, 5.74) is 0.782. The van der Waals surface area contributed by atoms with Gasteiger partial charge in [0.25, 0.3) is 0 Å². The first kappa shape index (κ1) is 13.4. The molecule has 16 heavy (non-hydrogen) atoms. The molecule has 0 saturated heterocycles. The third-order valence-corrected chi connectivity index (χ3v) is 4.27. The molecular weight excluding hydrogens is 264 g/mol. The van der Waals surface area contributed by atoms with Gasteiger partial charge in [0.2, 0.25) is 0 Å². The van der Waals surface area contributed by atoms with Crippen LogP contribution in [0.1, 0.15) is 44.0 Å². The minimum Gasteiger partial charge on any atom is -0.293 e. The Balaban J connectivity index is 2.88. The van der Waals surface area contributed by atoms with Gasteiger partial charge in [-0.05, 0) is 19.3 Å². The van der Waals surface area contributed by atoms with Crippen molar-refractivity contribution in [2.75, 3.05) is 0 Å². The number of carbonyl (C=O) groups is 1. The van der Waals surface area contributed by atoms with Crippen LogP contribution in [0, 0.1) is 5.92 Å². The summed E-state index contributed by atoms with van der Waals surface area (Å²) in [6.45, 7) is 6.24. The fourth-order valence-corrected chi connectivity index (χ4v) is 2.26. The van der Waals surface area contributed by atoms with Crippen LogP contribution in [0.4, 0.5) is 0 Å². The first-order valence-electron chi connectivity index (χ1n) is 5.79. The van der Waals surface area contributed by atoms with Gasteiger partial charge < -0.3 is 0 Å². The van der Waals surface area contributed by atoms with Crippen LogP contribution in [0.15, 0.2) is 30.3 Å². The van der Waals surface area contributed by atoms with Gasteiger partial charge in [-0.15, -0.1) is 0 Å². The Labute approximate surface area is 106 Å². The molecule has 88 valence electrons. The van der Waals surface area contributed by atoms with Crippen LogP contribution in [0.2, 0.25) is 0 Å². The Morgan fingerprint density at radius 3 is 2.44 bits per heavy atom. The normalized spacial score (nSPS) is 16.5. The van der Waals surface area contributed by atoms with Crippen LogP contribution in [0.5, 0.6) is 0 Å². The van der Waals surface area contributed by atoms with Gasteiger partial charge >= 0.3 is 0 Å². The second-order valence-electron chi connectivity index (χ2n) is 4.46. The number of hydrogen-bond donors (Lipinski definition) is 0. The van der Waals surface area contributed by atoms with E-state index < -0.39 is 4.32 Å². The van der Waals surface area contributed by atoms with Gasteiger partial charge in [0.1, 0.15) is 0 Å². The zero-order valence-corrected chi connectivity index (χ0v) is 11.8. The van der Waals surface area contributed by atoms with Crippen LogP contribution >= 0.6 is 15.9 Å². The molecule has 1 nitrogen and oxygen atoms in total. The fraction of sp³-hybridized carbons (Fsp3) is 0.500. The third-order valence-electron chi connectivity index (χ3n) is 3.13. The van der Waals surface area contributed by atoms with E-state index in [1.165, 1.54) is 0 Å². The van der Waals surface area contributed by atoms with E-state index in [2.05, 4.69) is 29.8 Å². The van der Waals surface area contributed by atoms with Gasteiger partial charge in [-0.1, -0.05) is 66.5 Å². The van der Waals surface area contributed by atoms with E-state index in [0.717, 1.165) is 18.4 Å². The minimum atomic E-state index is -0.454. The van der Waals surface area contributed by atoms with E-state index >= 15 is 0 Å². The lowest BCUT2D eigenvalue weighted by Gasteiger charge is -2.28. The van der Waals surface area contributed by atoms with Crippen molar-refractivity contribution in [1.82, 2.24) is 0 Å². The lowest BCUT2D eigenvalue weighted by molar-refractivity contribution is 0.0923. The van der Waals surface area contributed by atoms with Crippen molar-refractivity contribution in [3.05, 3.63) is 35.9 Å². The molecular formula is C14H19BrO. The maximum absolute atomic E-state index is 12.3. The minimum absolute atomic E-state index is 0.175. The van der Waals surface area contributed by atoms with Crippen molar-refractivity contribution in [1.29, 1.82) is 0 Å². The number of carbonyl (C=O) groups excluding carboxylic acids is 1. The first-order valence-corrected chi connectivity index (χ1v) is 6.58. The van der Waals surface area contributed by atoms with Gasteiger partial charge in [-0.2, -0.15) is 0 Å². The maximum atomic E-state index is 12.3. The number of rotatable bonds is 5. The van der Waals surface area contributed by atoms with Gasteiger partial charge in [0, 0.05) is 5.56 Å². The Bertz CT molecular complexity index is 343. The second kappa shape index (κ2) is 5.62. The lowest BCUT2D eigenvalue weighted by atomic mass is 9.85. The number of alkyl halides is 1. The largest absolute Gasteiger partial charge is 0.293 e. The molecule has 0 aliphatic heterocycles. The van der Waals surface area contributed by atoms with E-state index in [1.807, 2.05) is 37.3 Å². The molecule has 2 unspecified atom stereocenters. The highest BCUT2D eigenvalue weighted by atomic mass is 79.9. The van der Waals surface area contributed by atoms with Gasteiger partial charge in [0.05, 0.1) is 4.32 Å². The highest BCUT2D eigenvalue weighted by Crippen LogP contribution is 2.33. The molecule has 2 heteroatoms. The van der Waals surface area contributed by atoms with E-state index in [0.29, 0.717) is 5.92 Å². The summed E-state index contributed by atoms with van der Waals surface area (Å²) in [6.07, 6.45) is 2.16. The standard InChI is InChI=1S/C14H19BrO/c1-4-8-11(2)14(3,15)13(16)12-9-6-5-7-10-12/h5-7,9-11H,4,8H2,1-3H3. The lowest BCUT2D eigenvalue weighted by Crippen LogP contribution is -2.35. The average molecular weight is 283 g/mol. The van der Waals surface area contributed by atoms with E-state index in [4.69, 9.17) is 0 Å². The fourth-order valence-electron chi connectivity index (χ4n) is 1.80. The summed E-state index contributed by atoms with van der Waals surface area (Å²) in [7, 11) is 0. The molecule has 1 aromatic rings. The quantitative estimate of drug-likeness (QED) is 0.576. The molecule has 0 fully saturated rings. The molecule has 0 aromatic heterocycles. The highest BCUT2D eigenvalue weighted by molar-refractivity contribution is 9.10. The topological polar surface area (TPSA) is 17.1 Å². The van der Waals surface area contributed by atoms with Crippen LogP contribution < -0.4 is 0 Å². The summed E-state index contributed by atoms with van der Waals surface area (Å²) in [6, 6.07) is 9.49. The SMILES string of the molecule is CCCC(C)C(C)(Br)C(=O)c1ccccc1. The van der Waals surface area contributed by atoms with Crippen LogP contribution in [0.25, 0.3) is 0 Å². The van der Waals surface area contributed by atoms with Crippen molar-refractivity contribution in [3.63, 3.8) is 0 Å². The molecule has 0 N–H and O–H groups in total. The molecule has 0 radical (unpaired) electrons. The smallest absolute Gasteiger partial charge is 0.179 e. The molecule has 2 atom stereocenters. The van der Waals surface area contributed by atoms with Crippen molar-refractivity contribution in [3.8, 4) is 0 Å². The number of Topliss-reactive ketones (excluding diaryl/α,β-unsaturated/α-hetero) is 1. The second-order valence-corrected chi connectivity index (χ2v) is 6.11. The molecule has 1 rings (SSSR count). The van der Waals surface area contributed by atoms with E-state index in [-0.39, 0.29) is 5.78 Å². The molecule has 0 spiro atoms. The molecule has 0 aliphatic rings. The van der Waals surface area contributed by atoms with Gasteiger partial charge in [-0.25, -0.2) is 0 Å². The van der Waals surface area contributed by atoms with Gasteiger partial charge in [0.15, 0.2) is 5.78 Å². The maximum Gasteiger partial charge on any atom is 0.179 e. The zero-order valence-electron chi connectivity index (χ0n) is 10.2. The number of benzene rings is 1. The van der Waals surface area contributed by atoms with Crippen molar-refractivity contribution < 1.29 is 4.79 Å². The molecule has 0 saturated carbocycles. The summed E-state index contributed by atoms with van der Waals surface area (Å²) in [4.78, 5) is 12.3. The molecule has 0 amide bonds. The Kier molecular flexibility index (Phi) is 4.72. The molecule has 1 aromatic carbocycles. The average Bonchev–Trinajstić information content (AvgIpc) is 2.29. The van der Waals surface area contributed by atoms with Crippen molar-refractivity contribution in [2.24, 2.45) is 5.92 Å². The van der Waals surface area contributed by atoms with Crippen molar-refractivity contribution >= 4 is 21.7 Å². The predicted molar refractivity (Wildman–Crippen MR) is 72.2 cm³/mol. The molecule has 0 bridgehead atoms. The predicted octanol–water partition coefficient (Wildman–Crippen LogP) is 4.46. The van der Waals surface area contributed by atoms with Crippen LogP contribution in [0.3, 0.4) is 0 Å². The molecule has 0 aliphatic carbocycles. The monoisotopic (exact) mass is 282 g/mol. The summed E-state index contributed by atoms with van der Waals surface area (Å²) in [5.74, 6) is 0.513. The Morgan fingerprint density at radius 1 is 1.38 bits per heavy atom. The van der Waals surface area contributed by atoms with Gasteiger partial charge in [-0.3, -0.25) is 4.79 Å². The first-order chi connectivity index (χ1) is 7.50. The third kappa shape index (κ3) is 2.94. The Hall–Kier alpha value is -0.630. The number of ketones is 1. The number of halogens is 1. The van der Waals surface area contributed by atoms with E-state index in [1.54, 1.807) is 0 Å². The Morgan fingerprint density at radius 2 is 1.94 bits per heavy atom. The summed E-state index contributed by atoms with van der Waals surface area (Å²) in [5, 5.41) is 0. The van der Waals surface area contributed by atoms with Crippen molar-refractivity contribution in [2.45, 2.75) is 37.9 Å². The summed E-state index contributed by atoms with van der Waals surface area (Å²) < 4.78 is -0.454. The highest BCUT2D eigenvalue weighted by Gasteiger charge is 2.35. The summed E-state index contributed by atoms with van der Waals surface area (Å²) >= 11 is 3.60. The molecule has 0 heterocycles.